The van der Waals surface area contributed by atoms with Crippen LogP contribution >= 0.6 is 23.4 Å². The monoisotopic (exact) mass is 521 g/mol. The lowest BCUT2D eigenvalue weighted by molar-refractivity contribution is 0.102. The molecule has 1 fully saturated rings. The first-order chi connectivity index (χ1) is 16.7. The maximum Gasteiger partial charge on any atom is 0.255 e. The summed E-state index contributed by atoms with van der Waals surface area (Å²) in [5.41, 5.74) is 0.141. The Morgan fingerprint density at radius 3 is 2.66 bits per heavy atom. The van der Waals surface area contributed by atoms with Gasteiger partial charge in [-0.3, -0.25) is 9.48 Å². The molecule has 1 heterocycles. The van der Waals surface area contributed by atoms with Crippen LogP contribution in [0.2, 0.25) is 5.02 Å². The third kappa shape index (κ3) is 6.22. The van der Waals surface area contributed by atoms with E-state index in [9.17, 15) is 18.0 Å². The van der Waals surface area contributed by atoms with Crippen LogP contribution < -0.4 is 5.32 Å². The predicted octanol–water partition coefficient (Wildman–Crippen LogP) is 7.44. The maximum absolute atomic E-state index is 13.5. The van der Waals surface area contributed by atoms with Gasteiger partial charge >= 0.3 is 0 Å². The number of hydrogen-bond acceptors (Lipinski definition) is 3. The highest BCUT2D eigenvalue weighted by Crippen LogP contribution is 2.46. The molecule has 4 rings (SSSR count). The summed E-state index contributed by atoms with van der Waals surface area (Å²) < 4.78 is 42.2. The summed E-state index contributed by atoms with van der Waals surface area (Å²) in [7, 11) is 0. The average Bonchev–Trinajstić information content (AvgIpc) is 3.44. The third-order valence-electron chi connectivity index (χ3n) is 6.48. The SMILES string of the molecule is CC(CC1CCC(C)C1Sc1cc(C(=O)Nc2cc(F)c(F)c(F)c2)ccc1Cl)Cn1cccn1. The van der Waals surface area contributed by atoms with E-state index < -0.39 is 23.4 Å². The van der Waals surface area contributed by atoms with Crippen molar-refractivity contribution in [1.82, 2.24) is 9.78 Å². The van der Waals surface area contributed by atoms with Gasteiger partial charge in [-0.25, -0.2) is 13.2 Å². The molecule has 1 aliphatic carbocycles. The number of carbonyl (C=O) groups is 1. The number of hydrogen-bond donors (Lipinski definition) is 1. The van der Waals surface area contributed by atoms with Crippen LogP contribution in [0.3, 0.4) is 0 Å². The van der Waals surface area contributed by atoms with Crippen LogP contribution in [0, 0.1) is 35.2 Å². The van der Waals surface area contributed by atoms with E-state index in [1.807, 2.05) is 16.9 Å². The van der Waals surface area contributed by atoms with Crippen LogP contribution in [-0.2, 0) is 6.54 Å². The van der Waals surface area contributed by atoms with E-state index in [2.05, 4.69) is 24.3 Å². The molecular weight excluding hydrogens is 495 g/mol. The first kappa shape index (κ1) is 25.6. The number of nitrogens with one attached hydrogen (secondary N) is 1. The summed E-state index contributed by atoms with van der Waals surface area (Å²) in [5, 5.41) is 7.64. The fourth-order valence-corrected chi connectivity index (χ4v) is 6.49. The number of carbonyl (C=O) groups excluding carboxylic acids is 1. The fraction of sp³-hybridized carbons (Fsp3) is 0.385. The molecule has 0 aliphatic heterocycles. The summed E-state index contributed by atoms with van der Waals surface area (Å²) in [6, 6.07) is 8.33. The van der Waals surface area contributed by atoms with Gasteiger partial charge in [0.2, 0.25) is 0 Å². The van der Waals surface area contributed by atoms with Crippen molar-refractivity contribution in [2.24, 2.45) is 17.8 Å². The van der Waals surface area contributed by atoms with Crippen molar-refractivity contribution < 1.29 is 18.0 Å². The lowest BCUT2D eigenvalue weighted by Gasteiger charge is -2.25. The molecule has 9 heteroatoms. The molecule has 186 valence electrons. The van der Waals surface area contributed by atoms with Gasteiger partial charge in [-0.05, 0) is 61.3 Å². The van der Waals surface area contributed by atoms with E-state index >= 15 is 0 Å². The Balaban J connectivity index is 1.46. The summed E-state index contributed by atoms with van der Waals surface area (Å²) in [4.78, 5) is 13.5. The molecule has 1 aromatic heterocycles. The summed E-state index contributed by atoms with van der Waals surface area (Å²) in [6.07, 6.45) is 7.11. The zero-order valence-corrected chi connectivity index (χ0v) is 21.1. The van der Waals surface area contributed by atoms with Crippen LogP contribution in [0.15, 0.2) is 53.7 Å². The van der Waals surface area contributed by atoms with Crippen molar-refractivity contribution in [2.75, 3.05) is 5.32 Å². The average molecular weight is 522 g/mol. The molecule has 0 spiro atoms. The predicted molar refractivity (Wildman–Crippen MR) is 133 cm³/mol. The van der Waals surface area contributed by atoms with Gasteiger partial charge in [0.05, 0.1) is 5.02 Å². The largest absolute Gasteiger partial charge is 0.322 e. The Labute approximate surface area is 212 Å². The van der Waals surface area contributed by atoms with E-state index in [-0.39, 0.29) is 5.69 Å². The van der Waals surface area contributed by atoms with Crippen LogP contribution in [0.1, 0.15) is 43.5 Å². The number of anilines is 1. The normalized spacial score (nSPS) is 20.7. The molecule has 4 nitrogen and oxygen atoms in total. The Bertz CT molecular complexity index is 1170. The first-order valence-electron chi connectivity index (χ1n) is 11.6. The molecule has 1 N–H and O–H groups in total. The van der Waals surface area contributed by atoms with Gasteiger partial charge in [-0.1, -0.05) is 25.4 Å². The van der Waals surface area contributed by atoms with Crippen molar-refractivity contribution in [1.29, 1.82) is 0 Å². The fourth-order valence-electron chi connectivity index (χ4n) is 4.77. The minimum absolute atomic E-state index is 0.161. The van der Waals surface area contributed by atoms with Gasteiger partial charge in [0, 0.05) is 52.5 Å². The Morgan fingerprint density at radius 2 is 1.97 bits per heavy atom. The number of aromatic nitrogens is 2. The van der Waals surface area contributed by atoms with Gasteiger partial charge in [-0.15, -0.1) is 11.8 Å². The van der Waals surface area contributed by atoms with Gasteiger partial charge in [0.25, 0.3) is 5.91 Å². The minimum Gasteiger partial charge on any atom is -0.322 e. The molecule has 0 radical (unpaired) electrons. The number of benzene rings is 2. The second kappa shape index (κ2) is 11.1. The minimum atomic E-state index is -1.58. The molecular formula is C26H27ClF3N3OS. The third-order valence-corrected chi connectivity index (χ3v) is 8.63. The van der Waals surface area contributed by atoms with E-state index in [4.69, 9.17) is 11.6 Å². The molecule has 2 aromatic carbocycles. The van der Waals surface area contributed by atoms with Gasteiger partial charge in [0.15, 0.2) is 17.5 Å². The zero-order chi connectivity index (χ0) is 25.1. The summed E-state index contributed by atoms with van der Waals surface area (Å²) in [6.45, 7) is 5.36. The van der Waals surface area contributed by atoms with E-state index in [1.165, 1.54) is 0 Å². The van der Waals surface area contributed by atoms with E-state index in [0.29, 0.717) is 33.6 Å². The first-order valence-corrected chi connectivity index (χ1v) is 12.9. The molecule has 35 heavy (non-hydrogen) atoms. The highest BCUT2D eigenvalue weighted by atomic mass is 35.5. The van der Waals surface area contributed by atoms with Crippen molar-refractivity contribution in [2.45, 2.75) is 49.8 Å². The second-order valence-corrected chi connectivity index (χ2v) is 10.9. The maximum atomic E-state index is 13.5. The topological polar surface area (TPSA) is 46.9 Å². The lowest BCUT2D eigenvalue weighted by Crippen LogP contribution is -2.20. The highest BCUT2D eigenvalue weighted by molar-refractivity contribution is 8.00. The summed E-state index contributed by atoms with van der Waals surface area (Å²) in [5.74, 6) is -3.38. The molecule has 0 saturated heterocycles. The standard InChI is InChI=1S/C26H27ClF3N3OS/c1-15(14-33-9-3-8-31-33)10-17-5-4-16(2)25(17)35-23-11-18(6-7-20(23)27)26(34)32-19-12-21(28)24(30)22(29)13-19/h3,6-9,11-13,15-17,25H,4-5,10,14H2,1-2H3,(H,32,34). The van der Waals surface area contributed by atoms with Crippen molar-refractivity contribution >= 4 is 35.0 Å². The Hall–Kier alpha value is -2.45. The summed E-state index contributed by atoms with van der Waals surface area (Å²) >= 11 is 8.17. The number of halogens is 4. The smallest absolute Gasteiger partial charge is 0.255 e. The van der Waals surface area contributed by atoms with Crippen molar-refractivity contribution in [3.05, 3.63) is 76.8 Å². The Morgan fingerprint density at radius 1 is 1.23 bits per heavy atom. The number of amides is 1. The van der Waals surface area contributed by atoms with Gasteiger partial charge < -0.3 is 5.32 Å². The second-order valence-electron chi connectivity index (χ2n) is 9.32. The van der Waals surface area contributed by atoms with Crippen LogP contribution in [0.4, 0.5) is 18.9 Å². The molecule has 1 amide bonds. The molecule has 1 saturated carbocycles. The lowest BCUT2D eigenvalue weighted by atomic mass is 9.93. The number of nitrogens with zero attached hydrogens (tertiary/aromatic N) is 2. The quantitative estimate of drug-likeness (QED) is 0.313. The molecule has 3 aromatic rings. The zero-order valence-electron chi connectivity index (χ0n) is 19.5. The van der Waals surface area contributed by atoms with Gasteiger partial charge in [0.1, 0.15) is 0 Å². The van der Waals surface area contributed by atoms with E-state index in [0.717, 1.165) is 42.8 Å². The molecule has 1 aliphatic rings. The van der Waals surface area contributed by atoms with Crippen LogP contribution in [-0.4, -0.2) is 20.9 Å². The van der Waals surface area contributed by atoms with Crippen LogP contribution in [0.25, 0.3) is 0 Å². The van der Waals surface area contributed by atoms with E-state index in [1.54, 1.807) is 36.2 Å². The number of rotatable bonds is 8. The number of thioether (sulfide) groups is 1. The molecule has 0 bridgehead atoms. The van der Waals surface area contributed by atoms with Crippen LogP contribution in [0.5, 0.6) is 0 Å². The highest BCUT2D eigenvalue weighted by Gasteiger charge is 2.35. The van der Waals surface area contributed by atoms with Crippen molar-refractivity contribution in [3.8, 4) is 0 Å². The molecule has 4 atom stereocenters. The Kier molecular flexibility index (Phi) is 8.12. The van der Waals surface area contributed by atoms with Gasteiger partial charge in [-0.2, -0.15) is 5.10 Å². The molecule has 4 unspecified atom stereocenters. The van der Waals surface area contributed by atoms with Crippen molar-refractivity contribution in [3.63, 3.8) is 0 Å².